The number of carbonyl (C=O) groups is 1. The zero-order chi connectivity index (χ0) is 17.2. The number of ketones is 1. The number of nitrogens with two attached hydrogens (primary N) is 1. The molecule has 3 aliphatic rings. The molecule has 2 saturated carbocycles. The molecule has 2 fully saturated rings. The maximum atomic E-state index is 12.2. The zero-order valence-corrected chi connectivity index (χ0v) is 14.6. The van der Waals surface area contributed by atoms with E-state index in [1.807, 2.05) is 0 Å². The number of nitriles is 2. The highest BCUT2D eigenvalue weighted by Gasteiger charge is 2.49. The number of carbonyl (C=O) groups excluding carboxylic acids is 1. The first-order valence-corrected chi connectivity index (χ1v) is 9.58. The fourth-order valence-electron chi connectivity index (χ4n) is 4.24. The van der Waals surface area contributed by atoms with Gasteiger partial charge in [0.05, 0.1) is 23.0 Å². The molecule has 2 aliphatic carbocycles. The summed E-state index contributed by atoms with van der Waals surface area (Å²) in [7, 11) is 0. The van der Waals surface area contributed by atoms with Crippen molar-refractivity contribution in [3.05, 3.63) is 10.6 Å². The molecule has 0 saturated heterocycles. The number of rotatable bonds is 2. The molecule has 0 bridgehead atoms. The van der Waals surface area contributed by atoms with E-state index >= 15 is 0 Å². The number of hydrogen-bond donors (Lipinski definition) is 1. The van der Waals surface area contributed by atoms with Gasteiger partial charge in [-0.2, -0.15) is 10.5 Å². The normalized spacial score (nSPS) is 29.8. The summed E-state index contributed by atoms with van der Waals surface area (Å²) in [6, 6.07) is 4.63. The summed E-state index contributed by atoms with van der Waals surface area (Å²) < 4.78 is 0. The molecule has 0 aromatic carbocycles. The van der Waals surface area contributed by atoms with Crippen LogP contribution in [0.4, 0.5) is 0 Å². The Morgan fingerprint density at radius 2 is 1.92 bits per heavy atom. The fourth-order valence-corrected chi connectivity index (χ4v) is 5.57. The zero-order valence-electron chi connectivity index (χ0n) is 13.8. The first-order valence-electron chi connectivity index (χ1n) is 8.70. The summed E-state index contributed by atoms with van der Waals surface area (Å²) in [6.45, 7) is 0. The van der Waals surface area contributed by atoms with Crippen LogP contribution in [-0.2, 0) is 4.79 Å². The fraction of sp³-hybridized carbons (Fsp3) is 0.667. The van der Waals surface area contributed by atoms with Crippen molar-refractivity contribution in [2.75, 3.05) is 0 Å². The summed E-state index contributed by atoms with van der Waals surface area (Å²) in [5.41, 5.74) is 6.21. The van der Waals surface area contributed by atoms with E-state index in [-0.39, 0.29) is 11.0 Å². The lowest BCUT2D eigenvalue weighted by atomic mass is 9.61. The summed E-state index contributed by atoms with van der Waals surface area (Å²) in [6.07, 6.45) is 8.14. The number of thioether (sulfide) groups is 1. The minimum absolute atomic E-state index is 0.132. The van der Waals surface area contributed by atoms with Gasteiger partial charge >= 0.3 is 0 Å². The molecule has 0 aromatic rings. The second-order valence-electron chi connectivity index (χ2n) is 6.93. The topological polar surface area (TPSA) is 103 Å². The van der Waals surface area contributed by atoms with E-state index in [0.29, 0.717) is 22.9 Å². The molecule has 2 unspecified atom stereocenters. The Kier molecular flexibility index (Phi) is 4.96. The maximum Gasteiger partial charge on any atom is 0.146 e. The number of aliphatic imine (C=N–C) groups is 1. The Hall–Kier alpha value is -1.79. The number of amidine groups is 1. The molecule has 0 amide bonds. The minimum atomic E-state index is -0.529. The van der Waals surface area contributed by atoms with Crippen LogP contribution in [0.2, 0.25) is 0 Å². The van der Waals surface area contributed by atoms with Crippen LogP contribution >= 0.6 is 11.8 Å². The van der Waals surface area contributed by atoms with Crippen LogP contribution in [0, 0.1) is 34.0 Å². The van der Waals surface area contributed by atoms with Crippen LogP contribution in [0.25, 0.3) is 0 Å². The summed E-state index contributed by atoms with van der Waals surface area (Å²) in [5, 5.41) is 19.9. The predicted octanol–water partition coefficient (Wildman–Crippen LogP) is 3.43. The smallest absolute Gasteiger partial charge is 0.146 e. The lowest BCUT2D eigenvalue weighted by Gasteiger charge is -2.42. The molecule has 3 rings (SSSR count). The second-order valence-corrected chi connectivity index (χ2v) is 8.12. The van der Waals surface area contributed by atoms with Gasteiger partial charge in [0.25, 0.3) is 0 Å². The quantitative estimate of drug-likeness (QED) is 0.828. The van der Waals surface area contributed by atoms with Gasteiger partial charge in [-0.05, 0) is 25.7 Å². The molecular weight excluding hydrogens is 320 g/mol. The van der Waals surface area contributed by atoms with E-state index in [2.05, 4.69) is 17.1 Å². The molecule has 5 nitrogen and oxygen atoms in total. The maximum absolute atomic E-state index is 12.2. The third-order valence-electron chi connectivity index (χ3n) is 5.53. The first-order chi connectivity index (χ1) is 11.6. The van der Waals surface area contributed by atoms with Crippen molar-refractivity contribution in [3.63, 3.8) is 0 Å². The summed E-state index contributed by atoms with van der Waals surface area (Å²) >= 11 is 1.40. The molecule has 6 heteroatoms. The molecule has 0 radical (unpaired) electrons. The monoisotopic (exact) mass is 342 g/mol. The average Bonchev–Trinajstić information content (AvgIpc) is 2.58. The number of hydrogen-bond acceptors (Lipinski definition) is 6. The molecule has 1 aliphatic heterocycles. The SMILES string of the molecule is N#CC1=C(SC2CCCCC2=O)N=C(N)C(C#N)C12CCCCC2. The van der Waals surface area contributed by atoms with Gasteiger partial charge in [-0.15, -0.1) is 0 Å². The van der Waals surface area contributed by atoms with Gasteiger partial charge in [-0.1, -0.05) is 37.4 Å². The Morgan fingerprint density at radius 3 is 2.54 bits per heavy atom. The van der Waals surface area contributed by atoms with Crippen molar-refractivity contribution in [2.24, 2.45) is 22.1 Å². The van der Waals surface area contributed by atoms with Gasteiger partial charge < -0.3 is 5.73 Å². The van der Waals surface area contributed by atoms with Gasteiger partial charge in [-0.25, -0.2) is 4.99 Å². The minimum Gasteiger partial charge on any atom is -0.386 e. The Labute approximate surface area is 147 Å². The number of Topliss-reactive ketones (excluding diaryl/α,β-unsaturated/α-hetero) is 1. The summed E-state index contributed by atoms with van der Waals surface area (Å²) in [5.74, 6) is 0.0212. The number of nitrogens with zero attached hydrogens (tertiary/aromatic N) is 3. The number of allylic oxidation sites excluding steroid dienone is 1. The highest BCUT2D eigenvalue weighted by Crippen LogP contribution is 2.53. The van der Waals surface area contributed by atoms with Crippen LogP contribution in [0.3, 0.4) is 0 Å². The van der Waals surface area contributed by atoms with Gasteiger partial charge in [0.15, 0.2) is 0 Å². The Morgan fingerprint density at radius 1 is 1.17 bits per heavy atom. The van der Waals surface area contributed by atoms with Gasteiger partial charge in [0.1, 0.15) is 22.6 Å². The van der Waals surface area contributed by atoms with Crippen molar-refractivity contribution < 1.29 is 4.79 Å². The van der Waals surface area contributed by atoms with E-state index in [0.717, 1.165) is 51.4 Å². The van der Waals surface area contributed by atoms with Gasteiger partial charge in [-0.3, -0.25) is 4.79 Å². The van der Waals surface area contributed by atoms with Crippen molar-refractivity contribution in [2.45, 2.75) is 63.0 Å². The molecule has 0 aromatic heterocycles. The molecule has 24 heavy (non-hydrogen) atoms. The lowest BCUT2D eigenvalue weighted by Crippen LogP contribution is -2.44. The van der Waals surface area contributed by atoms with Gasteiger partial charge in [0, 0.05) is 11.8 Å². The standard InChI is InChI=1S/C18H22N4OS/c19-10-12-16(21)22-17(24-15-7-3-2-6-14(15)23)13(11-20)18(12)8-4-1-5-9-18/h12,15H,1-9H2,(H2,21,22). The van der Waals surface area contributed by atoms with Crippen molar-refractivity contribution in [1.82, 2.24) is 0 Å². The van der Waals surface area contributed by atoms with E-state index in [9.17, 15) is 15.3 Å². The molecular formula is C18H22N4OS. The molecule has 2 atom stereocenters. The molecule has 126 valence electrons. The third kappa shape index (κ3) is 2.84. The van der Waals surface area contributed by atoms with Crippen molar-refractivity contribution in [3.8, 4) is 12.1 Å². The highest BCUT2D eigenvalue weighted by atomic mass is 32.2. The van der Waals surface area contributed by atoms with E-state index < -0.39 is 11.3 Å². The van der Waals surface area contributed by atoms with Crippen LogP contribution in [0.1, 0.15) is 57.8 Å². The highest BCUT2D eigenvalue weighted by molar-refractivity contribution is 8.04. The average molecular weight is 342 g/mol. The van der Waals surface area contributed by atoms with Crippen LogP contribution in [-0.4, -0.2) is 16.9 Å². The largest absolute Gasteiger partial charge is 0.386 e. The van der Waals surface area contributed by atoms with Crippen molar-refractivity contribution >= 4 is 23.4 Å². The molecule has 1 spiro atoms. The van der Waals surface area contributed by atoms with E-state index in [4.69, 9.17) is 5.73 Å². The third-order valence-corrected chi connectivity index (χ3v) is 6.83. The Bertz CT molecular complexity index is 676. The van der Waals surface area contributed by atoms with E-state index in [1.165, 1.54) is 11.8 Å². The van der Waals surface area contributed by atoms with Crippen LogP contribution in [0.5, 0.6) is 0 Å². The predicted molar refractivity (Wildman–Crippen MR) is 93.7 cm³/mol. The second kappa shape index (κ2) is 6.99. The molecule has 1 heterocycles. The first kappa shape index (κ1) is 17.0. The van der Waals surface area contributed by atoms with Crippen LogP contribution in [0.15, 0.2) is 15.6 Å². The van der Waals surface area contributed by atoms with Crippen LogP contribution < -0.4 is 5.73 Å². The lowest BCUT2D eigenvalue weighted by molar-refractivity contribution is -0.119. The van der Waals surface area contributed by atoms with Crippen molar-refractivity contribution in [1.29, 1.82) is 10.5 Å². The van der Waals surface area contributed by atoms with E-state index in [1.54, 1.807) is 0 Å². The Balaban J connectivity index is 2.00. The van der Waals surface area contributed by atoms with Gasteiger partial charge in [0.2, 0.25) is 0 Å². The summed E-state index contributed by atoms with van der Waals surface area (Å²) in [4.78, 5) is 16.6. The molecule has 2 N–H and O–H groups in total.